The number of nitrogens with zero attached hydrogens (tertiary/aromatic N) is 2. The minimum atomic E-state index is 0.252. The Hall–Kier alpha value is -1.29. The summed E-state index contributed by atoms with van der Waals surface area (Å²) in [4.78, 5) is 6.69. The number of morpholine rings is 1. The van der Waals surface area contributed by atoms with Crippen LogP contribution in [-0.2, 0) is 4.74 Å². The van der Waals surface area contributed by atoms with E-state index in [1.165, 1.54) is 0 Å². The molecule has 1 fully saturated rings. The maximum atomic E-state index is 5.71. The fourth-order valence-electron chi connectivity index (χ4n) is 2.27. The molecule has 2 heterocycles. The van der Waals surface area contributed by atoms with Crippen LogP contribution in [0.4, 0.5) is 11.5 Å². The van der Waals surface area contributed by atoms with Crippen LogP contribution in [0.25, 0.3) is 0 Å². The van der Waals surface area contributed by atoms with Crippen molar-refractivity contribution in [1.82, 2.24) is 4.98 Å². The van der Waals surface area contributed by atoms with Gasteiger partial charge in [-0.3, -0.25) is 0 Å². The van der Waals surface area contributed by atoms with Gasteiger partial charge in [0.05, 0.1) is 24.1 Å². The van der Waals surface area contributed by atoms with Crippen LogP contribution in [0.2, 0.25) is 0 Å². The van der Waals surface area contributed by atoms with Gasteiger partial charge in [-0.25, -0.2) is 4.98 Å². The van der Waals surface area contributed by atoms with E-state index < -0.39 is 0 Å². The van der Waals surface area contributed by atoms with Crippen LogP contribution in [0, 0.1) is 6.92 Å². The molecule has 16 heavy (non-hydrogen) atoms. The third-order valence-electron chi connectivity index (χ3n) is 2.79. The Labute approximate surface area is 96.4 Å². The Morgan fingerprint density at radius 1 is 1.38 bits per heavy atom. The third kappa shape index (κ3) is 2.27. The summed E-state index contributed by atoms with van der Waals surface area (Å²) in [7, 11) is 0. The van der Waals surface area contributed by atoms with Crippen LogP contribution in [0.5, 0.6) is 0 Å². The first-order chi connectivity index (χ1) is 7.56. The maximum absolute atomic E-state index is 5.71. The normalized spacial score (nSPS) is 25.8. The van der Waals surface area contributed by atoms with Crippen molar-refractivity contribution in [2.75, 3.05) is 23.7 Å². The number of hydrogen-bond donors (Lipinski definition) is 1. The molecule has 0 spiro atoms. The molecule has 0 unspecified atom stereocenters. The number of pyridine rings is 1. The molecular formula is C12H19N3O. The first kappa shape index (κ1) is 11.2. The van der Waals surface area contributed by atoms with E-state index >= 15 is 0 Å². The summed E-state index contributed by atoms with van der Waals surface area (Å²) in [5, 5.41) is 0. The summed E-state index contributed by atoms with van der Waals surface area (Å²) in [5.74, 6) is 1.02. The van der Waals surface area contributed by atoms with Gasteiger partial charge in [0.1, 0.15) is 5.82 Å². The Balaban J connectivity index is 2.23. The van der Waals surface area contributed by atoms with E-state index in [4.69, 9.17) is 10.5 Å². The summed E-state index contributed by atoms with van der Waals surface area (Å²) in [6.07, 6.45) is 2.22. The Morgan fingerprint density at radius 2 is 2.00 bits per heavy atom. The zero-order valence-corrected chi connectivity index (χ0v) is 10.1. The van der Waals surface area contributed by atoms with Crippen molar-refractivity contribution in [2.24, 2.45) is 0 Å². The largest absolute Gasteiger partial charge is 0.397 e. The molecule has 4 heteroatoms. The average Bonchev–Trinajstić information content (AvgIpc) is 2.15. The van der Waals surface area contributed by atoms with E-state index in [9.17, 15) is 0 Å². The molecule has 1 aromatic rings. The number of nitrogen functional groups attached to an aromatic ring is 1. The number of nitrogens with two attached hydrogens (primary N) is 1. The monoisotopic (exact) mass is 221 g/mol. The Bertz CT molecular complexity index is 371. The summed E-state index contributed by atoms with van der Waals surface area (Å²) < 4.78 is 5.71. The van der Waals surface area contributed by atoms with Crippen LogP contribution in [0.15, 0.2) is 12.3 Å². The fourth-order valence-corrected chi connectivity index (χ4v) is 2.27. The van der Waals surface area contributed by atoms with Crippen molar-refractivity contribution in [2.45, 2.75) is 33.0 Å². The second-order valence-corrected chi connectivity index (χ2v) is 4.57. The molecule has 0 aliphatic carbocycles. The van der Waals surface area contributed by atoms with Gasteiger partial charge in [-0.05, 0) is 32.4 Å². The van der Waals surface area contributed by atoms with Crippen molar-refractivity contribution < 1.29 is 4.74 Å². The van der Waals surface area contributed by atoms with Crippen LogP contribution in [0.1, 0.15) is 19.4 Å². The molecule has 0 radical (unpaired) electrons. The summed E-state index contributed by atoms with van der Waals surface area (Å²) in [6, 6.07) is 1.97. The predicted molar refractivity (Wildman–Crippen MR) is 65.6 cm³/mol. The number of aromatic nitrogens is 1. The Kier molecular flexibility index (Phi) is 3.01. The summed E-state index contributed by atoms with van der Waals surface area (Å²) in [5.41, 5.74) is 7.55. The van der Waals surface area contributed by atoms with Crippen molar-refractivity contribution in [1.29, 1.82) is 0 Å². The lowest BCUT2D eigenvalue weighted by Crippen LogP contribution is -2.46. The van der Waals surface area contributed by atoms with Crippen LogP contribution < -0.4 is 10.6 Å². The van der Waals surface area contributed by atoms with Gasteiger partial charge in [-0.2, -0.15) is 0 Å². The molecule has 1 aliphatic rings. The van der Waals surface area contributed by atoms with E-state index in [1.807, 2.05) is 13.0 Å². The van der Waals surface area contributed by atoms with Gasteiger partial charge in [0.25, 0.3) is 0 Å². The number of anilines is 2. The molecule has 2 atom stereocenters. The molecule has 2 rings (SSSR count). The first-order valence-corrected chi connectivity index (χ1v) is 5.69. The van der Waals surface area contributed by atoms with Gasteiger partial charge >= 0.3 is 0 Å². The third-order valence-corrected chi connectivity index (χ3v) is 2.79. The van der Waals surface area contributed by atoms with Gasteiger partial charge in [-0.1, -0.05) is 0 Å². The van der Waals surface area contributed by atoms with Crippen molar-refractivity contribution in [3.05, 3.63) is 17.8 Å². The molecular weight excluding hydrogens is 202 g/mol. The van der Waals surface area contributed by atoms with Gasteiger partial charge in [0.2, 0.25) is 0 Å². The van der Waals surface area contributed by atoms with E-state index in [1.54, 1.807) is 6.20 Å². The van der Waals surface area contributed by atoms with Crippen molar-refractivity contribution >= 4 is 11.5 Å². The molecule has 4 nitrogen and oxygen atoms in total. The van der Waals surface area contributed by atoms with Gasteiger partial charge < -0.3 is 15.4 Å². The van der Waals surface area contributed by atoms with Crippen LogP contribution in [0.3, 0.4) is 0 Å². The molecule has 1 saturated heterocycles. The molecule has 1 aliphatic heterocycles. The molecule has 0 amide bonds. The standard InChI is InChI=1S/C12H19N3O/c1-8-4-11(13)5-14-12(8)15-6-9(2)16-10(3)7-15/h4-5,9-10H,6-7,13H2,1-3H3/t9-,10+. The lowest BCUT2D eigenvalue weighted by molar-refractivity contribution is -0.00548. The molecule has 88 valence electrons. The summed E-state index contributed by atoms with van der Waals surface area (Å²) >= 11 is 0. The van der Waals surface area contributed by atoms with Crippen LogP contribution >= 0.6 is 0 Å². The van der Waals surface area contributed by atoms with E-state index in [0.29, 0.717) is 0 Å². The van der Waals surface area contributed by atoms with Gasteiger partial charge in [-0.15, -0.1) is 0 Å². The molecule has 0 saturated carbocycles. The quantitative estimate of drug-likeness (QED) is 0.782. The number of ether oxygens (including phenoxy) is 1. The SMILES string of the molecule is Cc1cc(N)cnc1N1C[C@@H](C)O[C@@H](C)C1. The highest BCUT2D eigenvalue weighted by atomic mass is 16.5. The van der Waals surface area contributed by atoms with Crippen molar-refractivity contribution in [3.8, 4) is 0 Å². The number of aryl methyl sites for hydroxylation is 1. The predicted octanol–water partition coefficient (Wildman–Crippen LogP) is 1.59. The minimum absolute atomic E-state index is 0.252. The maximum Gasteiger partial charge on any atom is 0.131 e. The second kappa shape index (κ2) is 4.29. The Morgan fingerprint density at radius 3 is 2.56 bits per heavy atom. The molecule has 0 aromatic carbocycles. The van der Waals surface area contributed by atoms with Crippen LogP contribution in [-0.4, -0.2) is 30.3 Å². The van der Waals surface area contributed by atoms with E-state index in [2.05, 4.69) is 23.7 Å². The molecule has 2 N–H and O–H groups in total. The van der Waals surface area contributed by atoms with Crippen molar-refractivity contribution in [3.63, 3.8) is 0 Å². The highest BCUT2D eigenvalue weighted by Gasteiger charge is 2.23. The summed E-state index contributed by atoms with van der Waals surface area (Å²) in [6.45, 7) is 8.01. The smallest absolute Gasteiger partial charge is 0.131 e. The highest BCUT2D eigenvalue weighted by molar-refractivity contribution is 5.53. The number of hydrogen-bond acceptors (Lipinski definition) is 4. The topological polar surface area (TPSA) is 51.4 Å². The highest BCUT2D eigenvalue weighted by Crippen LogP contribution is 2.22. The average molecular weight is 221 g/mol. The lowest BCUT2D eigenvalue weighted by Gasteiger charge is -2.36. The van der Waals surface area contributed by atoms with Gasteiger partial charge in [0.15, 0.2) is 0 Å². The minimum Gasteiger partial charge on any atom is -0.397 e. The number of rotatable bonds is 1. The van der Waals surface area contributed by atoms with Gasteiger partial charge in [0, 0.05) is 13.1 Å². The molecule has 0 bridgehead atoms. The van der Waals surface area contributed by atoms with E-state index in [0.717, 1.165) is 30.2 Å². The van der Waals surface area contributed by atoms with E-state index in [-0.39, 0.29) is 12.2 Å². The fraction of sp³-hybridized carbons (Fsp3) is 0.583. The first-order valence-electron chi connectivity index (χ1n) is 5.69. The molecule has 1 aromatic heterocycles. The lowest BCUT2D eigenvalue weighted by atomic mass is 10.2. The zero-order chi connectivity index (χ0) is 11.7. The zero-order valence-electron chi connectivity index (χ0n) is 10.1. The second-order valence-electron chi connectivity index (χ2n) is 4.57.